The molecule has 1 N–H and O–H groups in total. The minimum atomic E-state index is -4.91. The van der Waals surface area contributed by atoms with Crippen molar-refractivity contribution in [3.05, 3.63) is 92.4 Å². The number of benzene rings is 3. The predicted octanol–water partition coefficient (Wildman–Crippen LogP) is 7.75. The summed E-state index contributed by atoms with van der Waals surface area (Å²) in [6.45, 7) is 6.38. The second-order valence-electron chi connectivity index (χ2n) is 10.8. The Morgan fingerprint density at radius 2 is 1.58 bits per heavy atom. The van der Waals surface area contributed by atoms with Crippen LogP contribution < -0.4 is 9.62 Å². The number of nitrogens with zero attached hydrogens (tertiary/aromatic N) is 2. The van der Waals surface area contributed by atoms with Gasteiger partial charge in [0.2, 0.25) is 11.8 Å². The maximum Gasteiger partial charge on any atom is 0.417 e. The highest BCUT2D eigenvalue weighted by molar-refractivity contribution is 7.92. The molecule has 3 rings (SSSR count). The van der Waals surface area contributed by atoms with Crippen LogP contribution in [0.1, 0.15) is 43.9 Å². The average Bonchev–Trinajstić information content (AvgIpc) is 2.95. The van der Waals surface area contributed by atoms with Crippen molar-refractivity contribution in [2.75, 3.05) is 17.4 Å². The third-order valence-electron chi connectivity index (χ3n) is 6.86. The smallest absolute Gasteiger partial charge is 0.354 e. The van der Waals surface area contributed by atoms with Crippen LogP contribution in [-0.2, 0) is 32.3 Å². The molecule has 0 saturated heterocycles. The third-order valence-corrected chi connectivity index (χ3v) is 9.56. The molecule has 0 aliphatic carbocycles. The number of anilines is 1. The van der Waals surface area contributed by atoms with Crippen LogP contribution in [0.25, 0.3) is 0 Å². The number of aryl methyl sites for hydroxylation is 1. The SMILES string of the molecule is CC[C@H](C(=O)NCC(C)C)N(Cc1ccc(Cl)cc1Cl)C(=O)CN(c1ccc(Cl)c(C(F)(F)F)c1)S(=O)(=O)c1ccc(C)cc1. The number of halogens is 6. The van der Waals surface area contributed by atoms with Gasteiger partial charge in [0, 0.05) is 23.1 Å². The van der Waals surface area contributed by atoms with Crippen molar-refractivity contribution in [3.63, 3.8) is 0 Å². The van der Waals surface area contributed by atoms with E-state index in [2.05, 4.69) is 5.32 Å². The van der Waals surface area contributed by atoms with E-state index >= 15 is 0 Å². The highest BCUT2D eigenvalue weighted by Crippen LogP contribution is 2.38. The average molecular weight is 707 g/mol. The zero-order chi connectivity index (χ0) is 33.7. The van der Waals surface area contributed by atoms with E-state index in [1.165, 1.54) is 35.2 Å². The largest absolute Gasteiger partial charge is 0.417 e. The number of alkyl halides is 3. The van der Waals surface area contributed by atoms with Gasteiger partial charge in [0.25, 0.3) is 10.0 Å². The van der Waals surface area contributed by atoms with Gasteiger partial charge < -0.3 is 10.2 Å². The van der Waals surface area contributed by atoms with Crippen LogP contribution in [0.2, 0.25) is 15.1 Å². The van der Waals surface area contributed by atoms with Crippen LogP contribution in [0.5, 0.6) is 0 Å². The first-order valence-corrected chi connectivity index (χ1v) is 16.5. The third kappa shape index (κ3) is 9.28. The van der Waals surface area contributed by atoms with Crippen molar-refractivity contribution >= 4 is 62.3 Å². The van der Waals surface area contributed by atoms with Gasteiger partial charge in [-0.3, -0.25) is 13.9 Å². The molecule has 2 amide bonds. The summed E-state index contributed by atoms with van der Waals surface area (Å²) in [5.74, 6) is -1.24. The maximum atomic E-state index is 14.2. The summed E-state index contributed by atoms with van der Waals surface area (Å²) in [7, 11) is -4.60. The molecule has 45 heavy (non-hydrogen) atoms. The molecule has 0 bridgehead atoms. The van der Waals surface area contributed by atoms with Crippen LogP contribution in [0, 0.1) is 12.8 Å². The van der Waals surface area contributed by atoms with Gasteiger partial charge in [-0.15, -0.1) is 0 Å². The fourth-order valence-corrected chi connectivity index (χ4v) is 6.53. The molecule has 0 unspecified atom stereocenters. The lowest BCUT2D eigenvalue weighted by molar-refractivity contribution is -0.140. The molecule has 0 aliphatic heterocycles. The summed E-state index contributed by atoms with van der Waals surface area (Å²) < 4.78 is 70.0. The molecule has 3 aromatic rings. The molecule has 244 valence electrons. The van der Waals surface area contributed by atoms with Crippen LogP contribution in [0.3, 0.4) is 0 Å². The van der Waals surface area contributed by atoms with Crippen molar-refractivity contribution in [1.82, 2.24) is 10.2 Å². The summed E-state index contributed by atoms with van der Waals surface area (Å²) in [6, 6.07) is 11.7. The molecule has 0 spiro atoms. The first-order valence-electron chi connectivity index (χ1n) is 13.9. The van der Waals surface area contributed by atoms with Crippen molar-refractivity contribution in [3.8, 4) is 0 Å². The lowest BCUT2D eigenvalue weighted by Crippen LogP contribution is -2.52. The molecule has 14 heteroatoms. The molecule has 3 aromatic carbocycles. The van der Waals surface area contributed by atoms with Gasteiger partial charge in [-0.2, -0.15) is 13.2 Å². The zero-order valence-electron chi connectivity index (χ0n) is 25.0. The van der Waals surface area contributed by atoms with Gasteiger partial charge in [-0.25, -0.2) is 8.42 Å². The molecule has 0 aromatic heterocycles. The summed E-state index contributed by atoms with van der Waals surface area (Å²) in [5.41, 5.74) is -0.556. The van der Waals surface area contributed by atoms with E-state index in [-0.39, 0.29) is 28.8 Å². The standard InChI is InChI=1S/C31H33Cl3F3N3O4S/c1-5-28(30(42)38-16-19(2)3)39(17-21-8-9-22(32)14-27(21)34)29(41)18-40(45(43,44)24-11-6-20(4)7-12-24)23-10-13-26(33)25(15-23)31(35,36)37/h6-15,19,28H,5,16-18H2,1-4H3,(H,38,42)/t28-/m1/s1. The Morgan fingerprint density at radius 1 is 0.933 bits per heavy atom. The number of sulfonamides is 1. The number of amides is 2. The Bertz CT molecular complexity index is 1640. The minimum absolute atomic E-state index is 0.101. The van der Waals surface area contributed by atoms with Gasteiger partial charge in [-0.1, -0.05) is 79.3 Å². The lowest BCUT2D eigenvalue weighted by atomic mass is 10.1. The Hall–Kier alpha value is -2.99. The molecule has 0 radical (unpaired) electrons. The Balaban J connectivity index is 2.16. The number of carbonyl (C=O) groups excluding carboxylic acids is 2. The number of nitrogens with one attached hydrogen (secondary N) is 1. The van der Waals surface area contributed by atoms with Crippen LogP contribution in [0.15, 0.2) is 65.6 Å². The quantitative estimate of drug-likeness (QED) is 0.209. The Labute approximate surface area is 276 Å². The van der Waals surface area contributed by atoms with Gasteiger partial charge in [-0.05, 0) is 67.3 Å². The first kappa shape index (κ1) is 36.5. The van der Waals surface area contributed by atoms with E-state index in [9.17, 15) is 31.2 Å². The van der Waals surface area contributed by atoms with Crippen LogP contribution in [-0.4, -0.2) is 44.3 Å². The van der Waals surface area contributed by atoms with Crippen molar-refractivity contribution in [1.29, 1.82) is 0 Å². The van der Waals surface area contributed by atoms with Crippen molar-refractivity contribution in [2.45, 2.75) is 57.8 Å². The van der Waals surface area contributed by atoms with Gasteiger partial charge in [0.05, 0.1) is 21.2 Å². The number of hydrogen-bond acceptors (Lipinski definition) is 4. The molecule has 1 atom stereocenters. The van der Waals surface area contributed by atoms with Crippen molar-refractivity contribution < 1.29 is 31.2 Å². The second kappa shape index (κ2) is 15.1. The highest BCUT2D eigenvalue weighted by Gasteiger charge is 2.37. The van der Waals surface area contributed by atoms with Gasteiger partial charge in [0.1, 0.15) is 12.6 Å². The fourth-order valence-electron chi connectivity index (χ4n) is 4.43. The minimum Gasteiger partial charge on any atom is -0.354 e. The summed E-state index contributed by atoms with van der Waals surface area (Å²) >= 11 is 18.3. The van der Waals surface area contributed by atoms with Gasteiger partial charge >= 0.3 is 6.18 Å². The van der Waals surface area contributed by atoms with Crippen LogP contribution in [0.4, 0.5) is 18.9 Å². The topological polar surface area (TPSA) is 86.8 Å². The van der Waals surface area contributed by atoms with Crippen molar-refractivity contribution in [2.24, 2.45) is 5.92 Å². The van der Waals surface area contributed by atoms with E-state index in [1.807, 2.05) is 13.8 Å². The number of hydrogen-bond donors (Lipinski definition) is 1. The van der Waals surface area contributed by atoms with Crippen LogP contribution >= 0.6 is 34.8 Å². The molecular weight excluding hydrogens is 674 g/mol. The van der Waals surface area contributed by atoms with E-state index in [4.69, 9.17) is 34.8 Å². The molecule has 0 fully saturated rings. The summed E-state index contributed by atoms with van der Waals surface area (Å²) in [5, 5.41) is 2.69. The normalized spacial score (nSPS) is 12.6. The van der Waals surface area contributed by atoms with E-state index < -0.39 is 56.9 Å². The predicted molar refractivity (Wildman–Crippen MR) is 171 cm³/mol. The molecule has 0 heterocycles. The van der Waals surface area contributed by atoms with E-state index in [0.717, 1.165) is 17.7 Å². The second-order valence-corrected chi connectivity index (χ2v) is 13.9. The summed E-state index contributed by atoms with van der Waals surface area (Å²) in [6.07, 6.45) is -4.76. The Morgan fingerprint density at radius 3 is 2.13 bits per heavy atom. The summed E-state index contributed by atoms with van der Waals surface area (Å²) in [4.78, 5) is 28.4. The lowest BCUT2D eigenvalue weighted by Gasteiger charge is -2.33. The molecule has 0 aliphatic rings. The fraction of sp³-hybridized carbons (Fsp3) is 0.355. The number of rotatable bonds is 12. The first-order chi connectivity index (χ1) is 20.9. The highest BCUT2D eigenvalue weighted by atomic mass is 35.5. The molecule has 7 nitrogen and oxygen atoms in total. The molecule has 0 saturated carbocycles. The van der Waals surface area contributed by atoms with Gasteiger partial charge in [0.15, 0.2) is 0 Å². The monoisotopic (exact) mass is 705 g/mol. The Kier molecular flexibility index (Phi) is 12.2. The van der Waals surface area contributed by atoms with E-state index in [0.29, 0.717) is 27.5 Å². The van der Waals surface area contributed by atoms with E-state index in [1.54, 1.807) is 26.0 Å². The molecular formula is C31H33Cl3F3N3O4S. The zero-order valence-corrected chi connectivity index (χ0v) is 28.0. The maximum absolute atomic E-state index is 14.2. The number of carbonyl (C=O) groups is 2.